The van der Waals surface area contributed by atoms with Gasteiger partial charge < -0.3 is 33.2 Å². The number of imidazole rings is 1. The first-order valence-electron chi connectivity index (χ1n) is 18.6. The number of fused-ring (bicyclic) bond motifs is 1. The Kier molecular flexibility index (Phi) is 12.1. The van der Waals surface area contributed by atoms with Crippen LogP contribution in [0.5, 0.6) is 0 Å². The lowest BCUT2D eigenvalue weighted by Crippen LogP contribution is -2.42. The Morgan fingerprint density at radius 1 is 1.10 bits per heavy atom. The Balaban J connectivity index is 1.25. The second-order valence-electron chi connectivity index (χ2n) is 16.6. The first-order chi connectivity index (χ1) is 24.5. The molecule has 1 saturated heterocycles. The average molecular weight is 732 g/mol. The number of ether oxygens (including phenoxy) is 2. The van der Waals surface area contributed by atoms with Crippen LogP contribution in [0, 0.1) is 29.6 Å². The molecular formula is C40H57N5O6Si. The fraction of sp³-hybridized carbons (Fsp3) is 0.600. The summed E-state index contributed by atoms with van der Waals surface area (Å²) in [4.78, 5) is 31.5. The number of piperidine rings is 1. The predicted molar refractivity (Wildman–Crippen MR) is 203 cm³/mol. The van der Waals surface area contributed by atoms with E-state index in [2.05, 4.69) is 61.1 Å². The Bertz CT molecular complexity index is 1730. The zero-order chi connectivity index (χ0) is 37.8. The molecule has 1 unspecified atom stereocenters. The molecule has 2 fully saturated rings. The molecule has 52 heavy (non-hydrogen) atoms. The third-order valence-corrected chi connectivity index (χ3v) is 14.9. The molecule has 1 saturated carbocycles. The Hall–Kier alpha value is -3.92. The van der Waals surface area contributed by atoms with Crippen molar-refractivity contribution < 1.29 is 28.0 Å². The van der Waals surface area contributed by atoms with Gasteiger partial charge >= 0.3 is 12.1 Å². The standard InChI is InChI=1S/C40H57N5O6Si/c1-11-48-36(46)13-12-21-44-25-31-30(32(31)26-44)19-16-28-14-17-29(18-15-28)35-23-33(43-50-35)34(24-42-38(47)49-39(3,4)5)45-22-20-41-37(45)27(2)51-52(9,10)40(6,7)8/h14-15,17-18,20,22-23,27,30-32,34H,11-13,21,24-26H2,1-10H3,(H,42,47)/t27?,30-,31-,32+,34-/m1/s1. The zero-order valence-electron chi connectivity index (χ0n) is 32.6. The largest absolute Gasteiger partial charge is 0.466 e. The molecule has 1 N–H and O–H groups in total. The first-order valence-corrected chi connectivity index (χ1v) is 21.5. The molecule has 1 aliphatic heterocycles. The minimum atomic E-state index is -2.10. The second-order valence-corrected chi connectivity index (χ2v) is 21.4. The number of nitrogens with one attached hydrogen (secondary N) is 1. The van der Waals surface area contributed by atoms with E-state index in [-0.39, 0.29) is 23.7 Å². The van der Waals surface area contributed by atoms with Gasteiger partial charge in [0.25, 0.3) is 0 Å². The molecule has 0 radical (unpaired) electrons. The van der Waals surface area contributed by atoms with Gasteiger partial charge in [0.2, 0.25) is 0 Å². The molecule has 3 heterocycles. The van der Waals surface area contributed by atoms with E-state index < -0.39 is 26.1 Å². The lowest BCUT2D eigenvalue weighted by atomic mass is 10.1. The number of hydrogen-bond acceptors (Lipinski definition) is 9. The zero-order valence-corrected chi connectivity index (χ0v) is 33.6. The van der Waals surface area contributed by atoms with Crippen molar-refractivity contribution >= 4 is 20.4 Å². The fourth-order valence-corrected chi connectivity index (χ4v) is 7.91. The summed E-state index contributed by atoms with van der Waals surface area (Å²) in [5.74, 6) is 9.82. The molecule has 2 aliphatic rings. The van der Waals surface area contributed by atoms with E-state index in [1.807, 2.05) is 75.7 Å². The molecule has 0 spiro atoms. The number of rotatable bonds is 13. The number of amides is 1. The summed E-state index contributed by atoms with van der Waals surface area (Å²) >= 11 is 0. The molecule has 11 nitrogen and oxygen atoms in total. The van der Waals surface area contributed by atoms with Crippen molar-refractivity contribution in [2.24, 2.45) is 17.8 Å². The van der Waals surface area contributed by atoms with E-state index in [1.165, 1.54) is 0 Å². The molecule has 1 aliphatic carbocycles. The van der Waals surface area contributed by atoms with Crippen LogP contribution < -0.4 is 5.32 Å². The van der Waals surface area contributed by atoms with Crippen molar-refractivity contribution in [3.05, 3.63) is 59.8 Å². The number of nitrogens with zero attached hydrogens (tertiary/aromatic N) is 4. The van der Waals surface area contributed by atoms with Crippen molar-refractivity contribution in [2.45, 2.75) is 104 Å². The highest BCUT2D eigenvalue weighted by Crippen LogP contribution is 2.51. The van der Waals surface area contributed by atoms with Gasteiger partial charge in [0.15, 0.2) is 14.1 Å². The smallest absolute Gasteiger partial charge is 0.407 e. The quantitative estimate of drug-likeness (QED) is 0.108. The summed E-state index contributed by atoms with van der Waals surface area (Å²) in [6, 6.07) is 9.51. The Labute approximate surface area is 310 Å². The van der Waals surface area contributed by atoms with Crippen LogP contribution in [-0.4, -0.2) is 78.4 Å². The van der Waals surface area contributed by atoms with E-state index in [1.54, 1.807) is 6.20 Å². The van der Waals surface area contributed by atoms with Crippen molar-refractivity contribution in [3.63, 3.8) is 0 Å². The van der Waals surface area contributed by atoms with Gasteiger partial charge in [0, 0.05) is 61.6 Å². The molecule has 282 valence electrons. The van der Waals surface area contributed by atoms with Crippen LogP contribution in [0.15, 0.2) is 47.2 Å². The highest BCUT2D eigenvalue weighted by Gasteiger charge is 2.54. The van der Waals surface area contributed by atoms with Gasteiger partial charge in [-0.1, -0.05) is 37.8 Å². The maximum Gasteiger partial charge on any atom is 0.407 e. The van der Waals surface area contributed by atoms with Crippen LogP contribution in [0.4, 0.5) is 4.79 Å². The van der Waals surface area contributed by atoms with Gasteiger partial charge in [-0.3, -0.25) is 4.79 Å². The van der Waals surface area contributed by atoms with Crippen molar-refractivity contribution in [2.75, 3.05) is 32.8 Å². The maximum absolute atomic E-state index is 12.7. The third kappa shape index (κ3) is 9.93. The van der Waals surface area contributed by atoms with E-state index >= 15 is 0 Å². The topological polar surface area (TPSA) is 121 Å². The summed E-state index contributed by atoms with van der Waals surface area (Å²) in [6.45, 7) is 24.2. The SMILES string of the molecule is CCOC(=O)CCCN1C[C@@H]2[C@@H](C#Cc3ccc(-c4cc([C@@H](CNC(=O)OC(C)(C)C)n5ccnc5C(C)O[Si](C)(C)C(C)(C)C)no4)cc3)[C@@H]2C1. The van der Waals surface area contributed by atoms with Crippen LogP contribution in [-0.2, 0) is 18.7 Å². The van der Waals surface area contributed by atoms with Gasteiger partial charge in [-0.2, -0.15) is 0 Å². The second kappa shape index (κ2) is 16.0. The molecule has 3 aromatic rings. The molecule has 0 bridgehead atoms. The van der Waals surface area contributed by atoms with Crippen molar-refractivity contribution in [3.8, 4) is 23.2 Å². The lowest BCUT2D eigenvalue weighted by Gasteiger charge is -2.38. The summed E-state index contributed by atoms with van der Waals surface area (Å²) in [5.41, 5.74) is 1.85. The monoisotopic (exact) mass is 731 g/mol. The summed E-state index contributed by atoms with van der Waals surface area (Å²) in [6.07, 6.45) is 4.18. The average Bonchev–Trinajstić information content (AvgIpc) is 3.55. The third-order valence-electron chi connectivity index (χ3n) is 10.4. The van der Waals surface area contributed by atoms with E-state index in [4.69, 9.17) is 23.4 Å². The van der Waals surface area contributed by atoms with Gasteiger partial charge in [0.1, 0.15) is 23.2 Å². The van der Waals surface area contributed by atoms with Gasteiger partial charge in [0.05, 0.1) is 12.6 Å². The van der Waals surface area contributed by atoms with Crippen molar-refractivity contribution in [1.82, 2.24) is 24.9 Å². The number of likely N-dealkylation sites (tertiary alicyclic amines) is 1. The Morgan fingerprint density at radius 3 is 2.42 bits per heavy atom. The first kappa shape index (κ1) is 39.3. The number of benzene rings is 1. The van der Waals surface area contributed by atoms with E-state index in [9.17, 15) is 9.59 Å². The molecular weight excluding hydrogens is 675 g/mol. The molecule has 12 heteroatoms. The van der Waals surface area contributed by atoms with Crippen molar-refractivity contribution in [1.29, 1.82) is 0 Å². The number of hydrogen-bond donors (Lipinski definition) is 1. The number of alkyl carbamates (subject to hydrolysis) is 1. The van der Waals surface area contributed by atoms with Crippen LogP contribution in [0.3, 0.4) is 0 Å². The van der Waals surface area contributed by atoms with Gasteiger partial charge in [-0.05, 0) is 102 Å². The highest BCUT2D eigenvalue weighted by atomic mass is 28.4. The summed E-state index contributed by atoms with van der Waals surface area (Å²) < 4.78 is 25.2. The van der Waals surface area contributed by atoms with Crippen LogP contribution in [0.1, 0.15) is 97.5 Å². The summed E-state index contributed by atoms with van der Waals surface area (Å²) in [5, 5.41) is 7.44. The van der Waals surface area contributed by atoms with Gasteiger partial charge in [-0.15, -0.1) is 0 Å². The normalized spacial score (nSPS) is 20.0. The number of aromatic nitrogens is 3. The van der Waals surface area contributed by atoms with Crippen LogP contribution in [0.25, 0.3) is 11.3 Å². The molecule has 5 rings (SSSR count). The predicted octanol–water partition coefficient (Wildman–Crippen LogP) is 7.61. The lowest BCUT2D eigenvalue weighted by molar-refractivity contribution is -0.143. The molecule has 2 aromatic heterocycles. The number of esters is 1. The van der Waals surface area contributed by atoms with Gasteiger partial charge in [-0.25, -0.2) is 9.78 Å². The summed E-state index contributed by atoms with van der Waals surface area (Å²) in [7, 11) is -2.10. The van der Waals surface area contributed by atoms with Crippen LogP contribution in [0.2, 0.25) is 18.1 Å². The molecule has 1 amide bonds. The number of carbonyl (C=O) groups excluding carboxylic acids is 2. The van der Waals surface area contributed by atoms with E-state index in [0.29, 0.717) is 42.2 Å². The minimum Gasteiger partial charge on any atom is -0.466 e. The van der Waals surface area contributed by atoms with E-state index in [0.717, 1.165) is 43.0 Å². The maximum atomic E-state index is 12.7. The highest BCUT2D eigenvalue weighted by molar-refractivity contribution is 6.74. The minimum absolute atomic E-state index is 0.0333. The molecule has 1 aromatic carbocycles. The van der Waals surface area contributed by atoms with Crippen LogP contribution >= 0.6 is 0 Å². The Morgan fingerprint density at radius 2 is 1.79 bits per heavy atom. The molecule has 5 atom stereocenters. The fourth-order valence-electron chi connectivity index (χ4n) is 6.57. The number of carbonyl (C=O) groups is 2.